The van der Waals surface area contributed by atoms with Gasteiger partial charge < -0.3 is 5.11 Å². The van der Waals surface area contributed by atoms with Gasteiger partial charge in [-0.3, -0.25) is 4.79 Å². The van der Waals surface area contributed by atoms with Gasteiger partial charge in [-0.05, 0) is 24.6 Å². The van der Waals surface area contributed by atoms with Crippen molar-refractivity contribution in [2.45, 2.75) is 19.4 Å². The third kappa shape index (κ3) is 4.80. The molecule has 1 rings (SSSR count). The lowest BCUT2D eigenvalue weighted by Crippen LogP contribution is -2.30. The Bertz CT molecular complexity index is 530. The molecule has 0 saturated heterocycles. The Balaban J connectivity index is 2.69. The number of halogens is 1. The molecule has 100 valence electrons. The lowest BCUT2D eigenvalue weighted by molar-refractivity contribution is -0.136. The van der Waals surface area contributed by atoms with Gasteiger partial charge in [-0.15, -0.1) is 0 Å². The first-order valence-corrected chi connectivity index (χ1v) is 6.92. The zero-order valence-corrected chi connectivity index (χ0v) is 10.6. The number of benzene rings is 1. The summed E-state index contributed by atoms with van der Waals surface area (Å²) in [6.07, 6.45) is -0.467. The molecule has 1 aromatic rings. The van der Waals surface area contributed by atoms with Crippen LogP contribution in [0.2, 0.25) is 0 Å². The van der Waals surface area contributed by atoms with Crippen LogP contribution in [-0.2, 0) is 14.8 Å². The molecule has 0 aromatic heterocycles. The van der Waals surface area contributed by atoms with E-state index in [0.29, 0.717) is 5.56 Å². The van der Waals surface area contributed by atoms with Gasteiger partial charge in [0.15, 0.2) is 0 Å². The number of hydrogen-bond donors (Lipinski definition) is 2. The third-order valence-electron chi connectivity index (χ3n) is 2.29. The average Bonchev–Trinajstić information content (AvgIpc) is 2.26. The van der Waals surface area contributed by atoms with E-state index in [1.807, 2.05) is 0 Å². The highest BCUT2D eigenvalue weighted by molar-refractivity contribution is 7.89. The van der Waals surface area contributed by atoms with Crippen LogP contribution in [0.15, 0.2) is 24.3 Å². The summed E-state index contributed by atoms with van der Waals surface area (Å²) in [5, 5.41) is 8.42. The highest BCUT2D eigenvalue weighted by Gasteiger charge is 2.17. The molecule has 1 aromatic carbocycles. The number of sulfonamides is 1. The van der Waals surface area contributed by atoms with Crippen molar-refractivity contribution >= 4 is 16.0 Å². The van der Waals surface area contributed by atoms with Crippen molar-refractivity contribution in [2.75, 3.05) is 5.75 Å². The number of nitrogens with one attached hydrogen (secondary N) is 1. The van der Waals surface area contributed by atoms with Crippen LogP contribution in [0.3, 0.4) is 0 Å². The predicted molar refractivity (Wildman–Crippen MR) is 64.0 cm³/mol. The Labute approximate surface area is 105 Å². The molecular weight excluding hydrogens is 261 g/mol. The van der Waals surface area contributed by atoms with E-state index in [1.54, 1.807) is 13.0 Å². The summed E-state index contributed by atoms with van der Waals surface area (Å²) in [5.74, 6) is -2.13. The summed E-state index contributed by atoms with van der Waals surface area (Å²) in [7, 11) is -3.69. The smallest absolute Gasteiger partial charge is 0.304 e. The maximum atomic E-state index is 13.0. The maximum absolute atomic E-state index is 13.0. The van der Waals surface area contributed by atoms with E-state index in [2.05, 4.69) is 4.72 Å². The van der Waals surface area contributed by atoms with Gasteiger partial charge in [0.05, 0.1) is 12.2 Å². The van der Waals surface area contributed by atoms with Gasteiger partial charge in [0, 0.05) is 6.04 Å². The van der Waals surface area contributed by atoms with Crippen molar-refractivity contribution in [3.05, 3.63) is 35.6 Å². The summed E-state index contributed by atoms with van der Waals surface area (Å²) in [6.45, 7) is 1.56. The molecule has 1 unspecified atom stereocenters. The first-order valence-electron chi connectivity index (χ1n) is 5.27. The van der Waals surface area contributed by atoms with Crippen molar-refractivity contribution in [3.8, 4) is 0 Å². The monoisotopic (exact) mass is 275 g/mol. The van der Waals surface area contributed by atoms with E-state index in [1.165, 1.54) is 18.2 Å². The second-order valence-electron chi connectivity index (χ2n) is 3.86. The lowest BCUT2D eigenvalue weighted by atomic mass is 10.1. The predicted octanol–water partition coefficient (Wildman–Crippen LogP) is 1.28. The minimum Gasteiger partial charge on any atom is -0.481 e. The first-order chi connectivity index (χ1) is 8.30. The third-order valence-corrected chi connectivity index (χ3v) is 3.74. The van der Waals surface area contributed by atoms with E-state index in [4.69, 9.17) is 5.11 Å². The summed E-state index contributed by atoms with van der Waals surface area (Å²) in [6, 6.07) is 4.94. The quantitative estimate of drug-likeness (QED) is 0.819. The van der Waals surface area contributed by atoms with Crippen LogP contribution in [0.1, 0.15) is 24.9 Å². The SMILES string of the molecule is CC(NS(=O)(=O)CCC(=O)O)c1cccc(F)c1. The Morgan fingerprint density at radius 1 is 1.50 bits per heavy atom. The molecule has 0 aliphatic rings. The Kier molecular flexibility index (Phi) is 4.80. The second-order valence-corrected chi connectivity index (χ2v) is 5.73. The zero-order chi connectivity index (χ0) is 13.8. The largest absolute Gasteiger partial charge is 0.481 e. The fourth-order valence-electron chi connectivity index (χ4n) is 1.39. The number of hydrogen-bond acceptors (Lipinski definition) is 3. The van der Waals surface area contributed by atoms with Crippen LogP contribution in [-0.4, -0.2) is 25.2 Å². The summed E-state index contributed by atoms with van der Waals surface area (Å²) in [5.41, 5.74) is 0.480. The molecule has 0 bridgehead atoms. The highest BCUT2D eigenvalue weighted by atomic mass is 32.2. The number of rotatable bonds is 6. The number of carboxylic acids is 1. The van der Waals surface area contributed by atoms with Gasteiger partial charge in [0.25, 0.3) is 0 Å². The maximum Gasteiger partial charge on any atom is 0.304 e. The molecule has 18 heavy (non-hydrogen) atoms. The molecule has 0 heterocycles. The van der Waals surface area contributed by atoms with Crippen molar-refractivity contribution < 1.29 is 22.7 Å². The van der Waals surface area contributed by atoms with E-state index >= 15 is 0 Å². The molecule has 2 N–H and O–H groups in total. The normalized spacial score (nSPS) is 13.2. The first kappa shape index (κ1) is 14.6. The standard InChI is InChI=1S/C11H14FNO4S/c1-8(9-3-2-4-10(12)7-9)13-18(16,17)6-5-11(14)15/h2-4,7-8,13H,5-6H2,1H3,(H,14,15). The van der Waals surface area contributed by atoms with Gasteiger partial charge in [0.1, 0.15) is 5.82 Å². The van der Waals surface area contributed by atoms with Crippen molar-refractivity contribution in [1.82, 2.24) is 4.72 Å². The van der Waals surface area contributed by atoms with Crippen LogP contribution in [0.5, 0.6) is 0 Å². The minimum atomic E-state index is -3.69. The lowest BCUT2D eigenvalue weighted by Gasteiger charge is -2.14. The van der Waals surface area contributed by atoms with E-state index in [9.17, 15) is 17.6 Å². The fraction of sp³-hybridized carbons (Fsp3) is 0.364. The van der Waals surface area contributed by atoms with E-state index in [0.717, 1.165) is 0 Å². The van der Waals surface area contributed by atoms with Crippen molar-refractivity contribution in [3.63, 3.8) is 0 Å². The van der Waals surface area contributed by atoms with Gasteiger partial charge in [0.2, 0.25) is 10.0 Å². The Morgan fingerprint density at radius 2 is 2.17 bits per heavy atom. The molecule has 0 aliphatic carbocycles. The van der Waals surface area contributed by atoms with Crippen LogP contribution in [0.4, 0.5) is 4.39 Å². The topological polar surface area (TPSA) is 83.5 Å². The number of carbonyl (C=O) groups is 1. The summed E-state index contributed by atoms with van der Waals surface area (Å²) < 4.78 is 38.3. The molecule has 1 atom stereocenters. The van der Waals surface area contributed by atoms with Gasteiger partial charge >= 0.3 is 5.97 Å². The molecule has 0 aliphatic heterocycles. The van der Waals surface area contributed by atoms with Crippen LogP contribution < -0.4 is 4.72 Å². The fourth-order valence-corrected chi connectivity index (χ4v) is 2.63. The van der Waals surface area contributed by atoms with Crippen molar-refractivity contribution in [1.29, 1.82) is 0 Å². The molecule has 0 spiro atoms. The average molecular weight is 275 g/mol. The van der Waals surface area contributed by atoms with Gasteiger partial charge in [-0.2, -0.15) is 0 Å². The Hall–Kier alpha value is -1.47. The van der Waals surface area contributed by atoms with E-state index < -0.39 is 40.0 Å². The summed E-state index contributed by atoms with van der Waals surface area (Å²) >= 11 is 0. The second kappa shape index (κ2) is 5.92. The molecule has 0 amide bonds. The highest BCUT2D eigenvalue weighted by Crippen LogP contribution is 2.14. The van der Waals surface area contributed by atoms with Crippen LogP contribution >= 0.6 is 0 Å². The van der Waals surface area contributed by atoms with Crippen LogP contribution in [0.25, 0.3) is 0 Å². The zero-order valence-electron chi connectivity index (χ0n) is 9.76. The number of carboxylic acid groups (broad SMARTS) is 1. The Morgan fingerprint density at radius 3 is 2.72 bits per heavy atom. The molecule has 0 saturated carbocycles. The minimum absolute atomic E-state index is 0.455. The molecule has 5 nitrogen and oxygen atoms in total. The molecule has 0 radical (unpaired) electrons. The number of aliphatic carboxylic acids is 1. The van der Waals surface area contributed by atoms with Crippen molar-refractivity contribution in [2.24, 2.45) is 0 Å². The van der Waals surface area contributed by atoms with E-state index in [-0.39, 0.29) is 0 Å². The molecular formula is C11H14FNO4S. The molecule has 0 fully saturated rings. The van der Waals surface area contributed by atoms with Crippen LogP contribution in [0, 0.1) is 5.82 Å². The van der Waals surface area contributed by atoms with Gasteiger partial charge in [-0.25, -0.2) is 17.5 Å². The summed E-state index contributed by atoms with van der Waals surface area (Å²) in [4.78, 5) is 10.3. The van der Waals surface area contributed by atoms with Gasteiger partial charge in [-0.1, -0.05) is 12.1 Å². The molecule has 7 heteroatoms.